The Morgan fingerprint density at radius 3 is 2.16 bits per heavy atom. The molecule has 0 radical (unpaired) electrons. The van der Waals surface area contributed by atoms with Crippen LogP contribution in [-0.4, -0.2) is 20.1 Å². The fraction of sp³-hybridized carbons (Fsp3) is 0.625. The SMILES string of the molecule is CNCc1cc(Br)ccc1N(CC(C)C)CC(C)C. The van der Waals surface area contributed by atoms with Gasteiger partial charge in [0.15, 0.2) is 0 Å². The summed E-state index contributed by atoms with van der Waals surface area (Å²) in [6.45, 7) is 12.2. The number of rotatable bonds is 7. The third-order valence-corrected chi connectivity index (χ3v) is 3.41. The number of nitrogens with zero attached hydrogens (tertiary/aromatic N) is 1. The van der Waals surface area contributed by atoms with Crippen LogP contribution in [0.25, 0.3) is 0 Å². The third-order valence-electron chi connectivity index (χ3n) is 2.92. The molecule has 0 amide bonds. The summed E-state index contributed by atoms with van der Waals surface area (Å²) in [4.78, 5) is 2.52. The summed E-state index contributed by atoms with van der Waals surface area (Å²) < 4.78 is 1.15. The highest BCUT2D eigenvalue weighted by Crippen LogP contribution is 2.26. The Balaban J connectivity index is 3.05. The first-order valence-electron chi connectivity index (χ1n) is 7.12. The number of halogens is 1. The highest BCUT2D eigenvalue weighted by Gasteiger charge is 2.14. The van der Waals surface area contributed by atoms with Crippen molar-refractivity contribution < 1.29 is 0 Å². The quantitative estimate of drug-likeness (QED) is 0.804. The lowest BCUT2D eigenvalue weighted by molar-refractivity contribution is 0.551. The second-order valence-electron chi connectivity index (χ2n) is 6.00. The minimum Gasteiger partial charge on any atom is -0.371 e. The van der Waals surface area contributed by atoms with Crippen LogP contribution in [0.15, 0.2) is 22.7 Å². The Morgan fingerprint density at radius 1 is 1.11 bits per heavy atom. The molecule has 0 atom stereocenters. The Hall–Kier alpha value is -0.540. The second-order valence-corrected chi connectivity index (χ2v) is 6.91. The van der Waals surface area contributed by atoms with Gasteiger partial charge in [0, 0.05) is 29.8 Å². The van der Waals surface area contributed by atoms with Gasteiger partial charge in [-0.2, -0.15) is 0 Å². The summed E-state index contributed by atoms with van der Waals surface area (Å²) >= 11 is 3.57. The Morgan fingerprint density at radius 2 is 1.68 bits per heavy atom. The van der Waals surface area contributed by atoms with Crippen LogP contribution in [0, 0.1) is 11.8 Å². The largest absolute Gasteiger partial charge is 0.371 e. The smallest absolute Gasteiger partial charge is 0.0412 e. The fourth-order valence-electron chi connectivity index (χ4n) is 2.35. The van der Waals surface area contributed by atoms with E-state index in [9.17, 15) is 0 Å². The van der Waals surface area contributed by atoms with Gasteiger partial charge in [-0.25, -0.2) is 0 Å². The lowest BCUT2D eigenvalue weighted by Gasteiger charge is -2.30. The Labute approximate surface area is 126 Å². The molecule has 108 valence electrons. The molecule has 0 aliphatic carbocycles. The van der Waals surface area contributed by atoms with Crippen LogP contribution in [0.5, 0.6) is 0 Å². The van der Waals surface area contributed by atoms with Gasteiger partial charge >= 0.3 is 0 Å². The molecule has 0 saturated heterocycles. The predicted octanol–water partition coefficient (Wildman–Crippen LogP) is 4.29. The maximum atomic E-state index is 3.57. The van der Waals surface area contributed by atoms with E-state index in [1.807, 2.05) is 7.05 Å². The molecule has 3 heteroatoms. The van der Waals surface area contributed by atoms with Gasteiger partial charge in [-0.1, -0.05) is 43.6 Å². The van der Waals surface area contributed by atoms with Crippen molar-refractivity contribution in [3.8, 4) is 0 Å². The molecule has 19 heavy (non-hydrogen) atoms. The molecule has 0 aromatic heterocycles. The molecule has 1 rings (SSSR count). The van der Waals surface area contributed by atoms with E-state index in [0.717, 1.165) is 24.1 Å². The average molecular weight is 327 g/mol. The van der Waals surface area contributed by atoms with Crippen molar-refractivity contribution in [3.05, 3.63) is 28.2 Å². The number of anilines is 1. The van der Waals surface area contributed by atoms with E-state index in [-0.39, 0.29) is 0 Å². The average Bonchev–Trinajstić information content (AvgIpc) is 2.27. The monoisotopic (exact) mass is 326 g/mol. The molecule has 0 saturated carbocycles. The van der Waals surface area contributed by atoms with Crippen molar-refractivity contribution >= 4 is 21.6 Å². The van der Waals surface area contributed by atoms with E-state index >= 15 is 0 Å². The summed E-state index contributed by atoms with van der Waals surface area (Å²) in [5.74, 6) is 1.34. The summed E-state index contributed by atoms with van der Waals surface area (Å²) in [7, 11) is 2.00. The molecule has 0 fully saturated rings. The normalized spacial score (nSPS) is 11.4. The standard InChI is InChI=1S/C16H27BrN2/c1-12(2)10-19(11-13(3)4)16-7-6-15(17)8-14(16)9-18-5/h6-8,12-13,18H,9-11H2,1-5H3. The van der Waals surface area contributed by atoms with Crippen LogP contribution < -0.4 is 10.2 Å². The van der Waals surface area contributed by atoms with E-state index in [1.165, 1.54) is 11.3 Å². The van der Waals surface area contributed by atoms with Crippen LogP contribution >= 0.6 is 15.9 Å². The molecule has 1 aromatic rings. The minimum atomic E-state index is 0.671. The predicted molar refractivity (Wildman–Crippen MR) is 88.8 cm³/mol. The zero-order chi connectivity index (χ0) is 14.4. The van der Waals surface area contributed by atoms with Gasteiger partial charge in [0.05, 0.1) is 0 Å². The van der Waals surface area contributed by atoms with E-state index in [1.54, 1.807) is 0 Å². The topological polar surface area (TPSA) is 15.3 Å². The van der Waals surface area contributed by atoms with Crippen molar-refractivity contribution in [1.29, 1.82) is 0 Å². The molecule has 0 aliphatic heterocycles. The van der Waals surface area contributed by atoms with Crippen molar-refractivity contribution in [2.24, 2.45) is 11.8 Å². The highest BCUT2D eigenvalue weighted by molar-refractivity contribution is 9.10. The van der Waals surface area contributed by atoms with Crippen LogP contribution in [0.3, 0.4) is 0 Å². The van der Waals surface area contributed by atoms with Gasteiger partial charge in [0.25, 0.3) is 0 Å². The van der Waals surface area contributed by atoms with Crippen LogP contribution in [0.4, 0.5) is 5.69 Å². The van der Waals surface area contributed by atoms with Crippen molar-refractivity contribution in [1.82, 2.24) is 5.32 Å². The number of nitrogens with one attached hydrogen (secondary N) is 1. The van der Waals surface area contributed by atoms with Gasteiger partial charge in [-0.15, -0.1) is 0 Å². The van der Waals surface area contributed by atoms with Crippen molar-refractivity contribution in [3.63, 3.8) is 0 Å². The first kappa shape index (κ1) is 16.5. The summed E-state index contributed by atoms with van der Waals surface area (Å²) in [5, 5.41) is 3.27. The molecular formula is C16H27BrN2. The zero-order valence-corrected chi connectivity index (χ0v) is 14.4. The summed E-state index contributed by atoms with van der Waals surface area (Å²) in [6, 6.07) is 6.60. The molecule has 0 bridgehead atoms. The molecule has 0 heterocycles. The van der Waals surface area contributed by atoms with Gasteiger partial charge in [-0.3, -0.25) is 0 Å². The zero-order valence-electron chi connectivity index (χ0n) is 12.8. The Kier molecular flexibility index (Phi) is 6.87. The maximum Gasteiger partial charge on any atom is 0.0412 e. The second kappa shape index (κ2) is 7.91. The van der Waals surface area contributed by atoms with Crippen LogP contribution in [0.2, 0.25) is 0 Å². The summed E-state index contributed by atoms with van der Waals surface area (Å²) in [6.07, 6.45) is 0. The van der Waals surface area contributed by atoms with Crippen molar-refractivity contribution in [2.45, 2.75) is 34.2 Å². The highest BCUT2D eigenvalue weighted by atomic mass is 79.9. The van der Waals surface area contributed by atoms with E-state index in [0.29, 0.717) is 11.8 Å². The van der Waals surface area contributed by atoms with Crippen LogP contribution in [0.1, 0.15) is 33.3 Å². The molecule has 1 N–H and O–H groups in total. The van der Waals surface area contributed by atoms with E-state index in [2.05, 4.69) is 72.0 Å². The van der Waals surface area contributed by atoms with Gasteiger partial charge in [0.2, 0.25) is 0 Å². The first-order valence-corrected chi connectivity index (χ1v) is 7.91. The van der Waals surface area contributed by atoms with Gasteiger partial charge in [-0.05, 0) is 42.6 Å². The third kappa shape index (κ3) is 5.53. The number of benzene rings is 1. The fourth-order valence-corrected chi connectivity index (χ4v) is 2.76. The lowest BCUT2D eigenvalue weighted by Crippen LogP contribution is -2.32. The number of hydrogen-bond donors (Lipinski definition) is 1. The lowest BCUT2D eigenvalue weighted by atomic mass is 10.1. The molecule has 0 unspecified atom stereocenters. The first-order chi connectivity index (χ1) is 8.93. The number of hydrogen-bond acceptors (Lipinski definition) is 2. The molecule has 0 aliphatic rings. The minimum absolute atomic E-state index is 0.671. The molecule has 2 nitrogen and oxygen atoms in total. The van der Waals surface area contributed by atoms with E-state index < -0.39 is 0 Å². The van der Waals surface area contributed by atoms with E-state index in [4.69, 9.17) is 0 Å². The van der Waals surface area contributed by atoms with Crippen molar-refractivity contribution in [2.75, 3.05) is 25.0 Å². The molecular weight excluding hydrogens is 300 g/mol. The van der Waals surface area contributed by atoms with Crippen LogP contribution in [-0.2, 0) is 6.54 Å². The Bertz CT molecular complexity index is 378. The maximum absolute atomic E-state index is 3.57. The molecule has 1 aromatic carbocycles. The summed E-state index contributed by atoms with van der Waals surface area (Å²) in [5.41, 5.74) is 2.72. The molecule has 0 spiro atoms. The van der Waals surface area contributed by atoms with Gasteiger partial charge in [0.1, 0.15) is 0 Å². The van der Waals surface area contributed by atoms with Gasteiger partial charge < -0.3 is 10.2 Å².